The van der Waals surface area contributed by atoms with Crippen molar-refractivity contribution in [1.29, 1.82) is 0 Å². The topological polar surface area (TPSA) is 68.1 Å². The molecule has 0 fully saturated rings. The normalized spacial score (nSPS) is 12.4. The lowest BCUT2D eigenvalue weighted by atomic mass is 10.3. The van der Waals surface area contributed by atoms with Gasteiger partial charge >= 0.3 is 5.97 Å². The van der Waals surface area contributed by atoms with Crippen LogP contribution in [0.1, 0.15) is 13.3 Å². The standard InChI is InChI=1S/C11H16NO4P/c1-2-15-11(13)8-9-16-17(14)12-10-6-4-3-5-7-10/h3-7,17H,2,8-9H2,1H3,(H,12,14). The molecule has 1 aromatic carbocycles. The monoisotopic (exact) mass is 257 g/mol. The van der Waals surface area contributed by atoms with Crippen molar-refractivity contribution in [3.8, 4) is 0 Å². The van der Waals surface area contributed by atoms with Crippen molar-refractivity contribution in [1.82, 2.24) is 0 Å². The van der Waals surface area contributed by atoms with E-state index in [1.165, 1.54) is 0 Å². The van der Waals surface area contributed by atoms with E-state index in [0.717, 1.165) is 0 Å². The molecule has 1 atom stereocenters. The van der Waals surface area contributed by atoms with Gasteiger partial charge in [0.1, 0.15) is 0 Å². The summed E-state index contributed by atoms with van der Waals surface area (Å²) in [5, 5.41) is 0. The zero-order chi connectivity index (χ0) is 12.5. The third kappa shape index (κ3) is 6.22. The largest absolute Gasteiger partial charge is 0.466 e. The second-order valence-corrected chi connectivity index (χ2v) is 4.21. The van der Waals surface area contributed by atoms with E-state index in [2.05, 4.69) is 4.74 Å². The molecule has 0 aliphatic heterocycles. The Morgan fingerprint density at radius 3 is 2.76 bits per heavy atom. The lowest BCUT2D eigenvalue weighted by Crippen LogP contribution is -2.06. The third-order valence-electron chi connectivity index (χ3n) is 1.82. The summed E-state index contributed by atoms with van der Waals surface area (Å²) in [6.07, 6.45) is 0.132. The summed E-state index contributed by atoms with van der Waals surface area (Å²) in [6.45, 7) is 2.22. The summed E-state index contributed by atoms with van der Waals surface area (Å²) in [5.74, 6) is -0.331. The van der Waals surface area contributed by atoms with Gasteiger partial charge in [-0.1, -0.05) is 18.2 Å². The molecule has 0 aliphatic carbocycles. The van der Waals surface area contributed by atoms with E-state index in [0.29, 0.717) is 12.3 Å². The van der Waals surface area contributed by atoms with Crippen LogP contribution >= 0.6 is 8.17 Å². The highest BCUT2D eigenvalue weighted by molar-refractivity contribution is 7.35. The predicted octanol–water partition coefficient (Wildman–Crippen LogP) is 2.51. The Morgan fingerprint density at radius 1 is 1.41 bits per heavy atom. The molecule has 0 radical (unpaired) electrons. The highest BCUT2D eigenvalue weighted by Gasteiger charge is 2.01. The molecule has 0 spiro atoms. The number of para-hydroxylation sites is 1. The third-order valence-corrected chi connectivity index (χ3v) is 2.74. The van der Waals surface area contributed by atoms with Crippen LogP contribution in [-0.4, -0.2) is 24.1 Å². The summed E-state index contributed by atoms with van der Waals surface area (Å²) in [7, 11) is -2.23. The van der Waals surface area contributed by atoms with Crippen LogP contribution in [0.3, 0.4) is 0 Å². The zero-order valence-electron chi connectivity index (χ0n) is 9.63. The maximum absolute atomic E-state index is 11.0. The number of nitrogens with zero attached hydrogens (tertiary/aromatic N) is 1. The Kier molecular flexibility index (Phi) is 6.55. The Hall–Kier alpha value is -1.16. The van der Waals surface area contributed by atoms with Crippen LogP contribution in [0.5, 0.6) is 0 Å². The molecule has 0 saturated heterocycles. The maximum Gasteiger partial charge on any atom is 0.308 e. The molecule has 0 heterocycles. The van der Waals surface area contributed by atoms with E-state index in [9.17, 15) is 9.69 Å². The molecule has 5 nitrogen and oxygen atoms in total. The fraction of sp³-hybridized carbons (Fsp3) is 0.364. The summed E-state index contributed by atoms with van der Waals surface area (Å²) in [6, 6.07) is 9.06. The molecule has 1 N–H and O–H groups in total. The van der Waals surface area contributed by atoms with Crippen LogP contribution in [0.2, 0.25) is 0 Å². The van der Waals surface area contributed by atoms with Crippen molar-refractivity contribution in [3.63, 3.8) is 0 Å². The van der Waals surface area contributed by atoms with Crippen molar-refractivity contribution in [2.75, 3.05) is 13.2 Å². The molecule has 1 unspecified atom stereocenters. The fourth-order valence-electron chi connectivity index (χ4n) is 1.10. The van der Waals surface area contributed by atoms with Gasteiger partial charge in [0.2, 0.25) is 8.17 Å². The van der Waals surface area contributed by atoms with Gasteiger partial charge in [-0.3, -0.25) is 4.79 Å². The van der Waals surface area contributed by atoms with Crippen LogP contribution in [0, 0.1) is 0 Å². The average Bonchev–Trinajstić information content (AvgIpc) is 2.30. The molecular weight excluding hydrogens is 241 g/mol. The Bertz CT molecular complexity index is 380. The minimum atomic E-state index is -2.23. The lowest BCUT2D eigenvalue weighted by molar-refractivity contribution is -0.143. The highest BCUT2D eigenvalue weighted by Crippen LogP contribution is 2.28. The van der Waals surface area contributed by atoms with Crippen molar-refractivity contribution in [3.05, 3.63) is 30.3 Å². The van der Waals surface area contributed by atoms with Gasteiger partial charge in [-0.25, -0.2) is 4.74 Å². The molecule has 0 aliphatic rings. The fourth-order valence-corrected chi connectivity index (χ4v) is 1.82. The van der Waals surface area contributed by atoms with E-state index in [-0.39, 0.29) is 19.0 Å². The van der Waals surface area contributed by atoms with Gasteiger partial charge < -0.3 is 14.2 Å². The summed E-state index contributed by atoms with van der Waals surface area (Å²) < 4.78 is 13.8. The Labute approximate surface area is 101 Å². The van der Waals surface area contributed by atoms with E-state index in [1.54, 1.807) is 19.1 Å². The van der Waals surface area contributed by atoms with E-state index < -0.39 is 8.17 Å². The number of rotatable bonds is 6. The number of carbonyl (C=O) groups is 1. The number of esters is 1. The summed E-state index contributed by atoms with van der Waals surface area (Å²) in [5.41, 5.74) is 0.667. The number of hydrogen-bond donors (Lipinski definition) is 1. The number of hydrogen-bond acceptors (Lipinski definition) is 4. The van der Waals surface area contributed by atoms with Crippen LogP contribution in [0.25, 0.3) is 0 Å². The van der Waals surface area contributed by atoms with Crippen LogP contribution in [0.4, 0.5) is 5.69 Å². The molecular formula is C11H16NO4P. The van der Waals surface area contributed by atoms with Gasteiger partial charge in [0, 0.05) is 0 Å². The summed E-state index contributed by atoms with van der Waals surface area (Å²) >= 11 is 0. The van der Waals surface area contributed by atoms with Gasteiger partial charge in [-0.2, -0.15) is 0 Å². The van der Waals surface area contributed by atoms with Gasteiger partial charge in [0.15, 0.2) is 0 Å². The number of carbonyl (C=O) groups excluding carboxylic acids is 1. The first kappa shape index (κ1) is 13.9. The lowest BCUT2D eigenvalue weighted by Gasteiger charge is -2.03. The SMILES string of the molecule is CCOC(=O)CCO/[PH](O)=N/c1ccccc1. The molecule has 0 saturated carbocycles. The highest BCUT2D eigenvalue weighted by atomic mass is 31.1. The molecule has 17 heavy (non-hydrogen) atoms. The Balaban J connectivity index is 2.32. The van der Waals surface area contributed by atoms with Crippen molar-refractivity contribution >= 4 is 19.8 Å². The maximum atomic E-state index is 11.0. The zero-order valence-corrected chi connectivity index (χ0v) is 10.6. The second-order valence-electron chi connectivity index (χ2n) is 3.13. The smallest absolute Gasteiger partial charge is 0.308 e. The van der Waals surface area contributed by atoms with Gasteiger partial charge in [-0.15, -0.1) is 0 Å². The number of benzene rings is 1. The molecule has 0 aromatic heterocycles. The van der Waals surface area contributed by atoms with E-state index in [4.69, 9.17) is 9.26 Å². The van der Waals surface area contributed by atoms with Crippen LogP contribution < -0.4 is 0 Å². The van der Waals surface area contributed by atoms with E-state index in [1.807, 2.05) is 18.2 Å². The molecule has 1 rings (SSSR count). The second kappa shape index (κ2) is 8.01. The number of ether oxygens (including phenoxy) is 1. The van der Waals surface area contributed by atoms with Crippen molar-refractivity contribution in [2.45, 2.75) is 13.3 Å². The van der Waals surface area contributed by atoms with Gasteiger partial charge in [-0.05, 0) is 19.1 Å². The first-order valence-electron chi connectivity index (χ1n) is 5.33. The first-order valence-corrected chi connectivity index (χ1v) is 6.63. The van der Waals surface area contributed by atoms with Crippen LogP contribution in [-0.2, 0) is 14.1 Å². The predicted molar refractivity (Wildman–Crippen MR) is 66.3 cm³/mol. The van der Waals surface area contributed by atoms with Gasteiger partial charge in [0.25, 0.3) is 0 Å². The average molecular weight is 257 g/mol. The minimum absolute atomic E-state index is 0.125. The van der Waals surface area contributed by atoms with Crippen LogP contribution in [0.15, 0.2) is 35.1 Å². The molecule has 1 aromatic rings. The van der Waals surface area contributed by atoms with Gasteiger partial charge in [0.05, 0.1) is 25.3 Å². The molecule has 0 bridgehead atoms. The summed E-state index contributed by atoms with van der Waals surface area (Å²) in [4.78, 5) is 20.5. The van der Waals surface area contributed by atoms with E-state index >= 15 is 0 Å². The van der Waals surface area contributed by atoms with Crippen molar-refractivity contribution < 1.29 is 18.9 Å². The molecule has 0 amide bonds. The first-order chi connectivity index (χ1) is 8.22. The molecule has 94 valence electrons. The van der Waals surface area contributed by atoms with Crippen molar-refractivity contribution in [2.24, 2.45) is 4.74 Å². The quantitative estimate of drug-likeness (QED) is 0.628. The molecule has 6 heteroatoms. The minimum Gasteiger partial charge on any atom is -0.466 e. The Morgan fingerprint density at radius 2 is 2.12 bits per heavy atom.